The number of rotatable bonds is 13. The van der Waals surface area contributed by atoms with Crippen LogP contribution >= 0.6 is 0 Å². The highest BCUT2D eigenvalue weighted by Gasteiger charge is 2.05. The molecule has 3 aromatic rings. The summed E-state index contributed by atoms with van der Waals surface area (Å²) < 4.78 is 11.7. The third kappa shape index (κ3) is 8.45. The summed E-state index contributed by atoms with van der Waals surface area (Å²) in [6.07, 6.45) is 7.57. The minimum absolute atomic E-state index is 0.282. The first-order chi connectivity index (χ1) is 16.3. The van der Waals surface area contributed by atoms with Gasteiger partial charge in [0.25, 0.3) is 5.91 Å². The molecule has 3 rings (SSSR count). The maximum atomic E-state index is 12.4. The Bertz CT molecular complexity index is 1000. The summed E-state index contributed by atoms with van der Waals surface area (Å²) in [6, 6.07) is 24.7. The second-order valence-electron chi connectivity index (χ2n) is 7.80. The number of para-hydroxylation sites is 1. The molecular weight excluding hydrogens is 412 g/mol. The molecule has 0 aliphatic rings. The molecule has 0 saturated carbocycles. The predicted molar refractivity (Wildman–Crippen MR) is 133 cm³/mol. The van der Waals surface area contributed by atoms with E-state index in [1.165, 1.54) is 25.7 Å². The number of benzene rings is 3. The van der Waals surface area contributed by atoms with E-state index in [1.807, 2.05) is 54.6 Å². The Balaban J connectivity index is 1.46. The van der Waals surface area contributed by atoms with Crippen LogP contribution in [-0.4, -0.2) is 18.7 Å². The quantitative estimate of drug-likeness (QED) is 0.189. The van der Waals surface area contributed by atoms with E-state index in [4.69, 9.17) is 9.47 Å². The molecule has 5 nitrogen and oxygen atoms in total. The molecule has 33 heavy (non-hydrogen) atoms. The Morgan fingerprint density at radius 1 is 0.848 bits per heavy atom. The van der Waals surface area contributed by atoms with Crippen molar-refractivity contribution in [3.63, 3.8) is 0 Å². The van der Waals surface area contributed by atoms with Crippen molar-refractivity contribution in [1.29, 1.82) is 0 Å². The van der Waals surface area contributed by atoms with E-state index < -0.39 is 0 Å². The second kappa shape index (κ2) is 13.7. The Morgan fingerprint density at radius 2 is 1.58 bits per heavy atom. The Kier molecular flexibility index (Phi) is 10.0. The van der Waals surface area contributed by atoms with Gasteiger partial charge in [0.05, 0.1) is 12.8 Å². The van der Waals surface area contributed by atoms with E-state index >= 15 is 0 Å². The molecule has 0 fully saturated rings. The van der Waals surface area contributed by atoms with Crippen LogP contribution in [0.2, 0.25) is 0 Å². The number of ether oxygens (including phenoxy) is 2. The van der Waals surface area contributed by atoms with Gasteiger partial charge in [-0.1, -0.05) is 75.1 Å². The molecular formula is C28H32N2O3. The topological polar surface area (TPSA) is 59.9 Å². The Morgan fingerprint density at radius 3 is 2.36 bits per heavy atom. The number of nitrogens with one attached hydrogen (secondary N) is 1. The summed E-state index contributed by atoms with van der Waals surface area (Å²) in [7, 11) is 0. The minimum Gasteiger partial charge on any atom is -0.493 e. The number of unbranched alkanes of at least 4 members (excludes halogenated alkanes) is 4. The van der Waals surface area contributed by atoms with Gasteiger partial charge in [0.1, 0.15) is 18.1 Å². The summed E-state index contributed by atoms with van der Waals surface area (Å²) in [5, 5.41) is 4.11. The highest BCUT2D eigenvalue weighted by molar-refractivity contribution is 5.95. The van der Waals surface area contributed by atoms with Crippen LogP contribution in [0.3, 0.4) is 0 Å². The molecule has 5 heteroatoms. The molecule has 0 atom stereocenters. The molecule has 0 aliphatic carbocycles. The maximum absolute atomic E-state index is 12.4. The summed E-state index contributed by atoms with van der Waals surface area (Å²) in [5.41, 5.74) is 5.01. The first-order valence-electron chi connectivity index (χ1n) is 11.6. The van der Waals surface area contributed by atoms with Crippen LogP contribution in [0.15, 0.2) is 84.0 Å². The zero-order chi connectivity index (χ0) is 23.1. The van der Waals surface area contributed by atoms with Crippen LogP contribution < -0.4 is 14.9 Å². The van der Waals surface area contributed by atoms with Crippen molar-refractivity contribution in [2.45, 2.75) is 45.6 Å². The first-order valence-corrected chi connectivity index (χ1v) is 11.6. The number of hydrazone groups is 1. The number of carbonyl (C=O) groups is 1. The number of hydrogen-bond acceptors (Lipinski definition) is 4. The SMILES string of the molecule is CCCCCCCOc1ccccc1/C=N/NC(=O)c1ccc(OCc2ccccc2)cc1. The van der Waals surface area contributed by atoms with Crippen molar-refractivity contribution < 1.29 is 14.3 Å². The number of amides is 1. The average Bonchev–Trinajstić information content (AvgIpc) is 2.86. The Labute approximate surface area is 196 Å². The van der Waals surface area contributed by atoms with Crippen molar-refractivity contribution in [2.24, 2.45) is 5.10 Å². The van der Waals surface area contributed by atoms with Gasteiger partial charge in [-0.25, -0.2) is 5.43 Å². The summed E-state index contributed by atoms with van der Waals surface area (Å²) in [5.74, 6) is 1.20. The zero-order valence-electron chi connectivity index (χ0n) is 19.2. The van der Waals surface area contributed by atoms with Crippen LogP contribution in [0.1, 0.15) is 60.5 Å². The van der Waals surface area contributed by atoms with Crippen LogP contribution in [0.4, 0.5) is 0 Å². The van der Waals surface area contributed by atoms with E-state index in [-0.39, 0.29) is 5.91 Å². The van der Waals surface area contributed by atoms with Gasteiger partial charge in [0.2, 0.25) is 0 Å². The van der Waals surface area contributed by atoms with E-state index in [9.17, 15) is 4.79 Å². The average molecular weight is 445 g/mol. The van der Waals surface area contributed by atoms with Gasteiger partial charge in [0, 0.05) is 11.1 Å². The van der Waals surface area contributed by atoms with Gasteiger partial charge in [-0.2, -0.15) is 5.10 Å². The molecule has 0 unspecified atom stereocenters. The minimum atomic E-state index is -0.282. The fourth-order valence-corrected chi connectivity index (χ4v) is 3.27. The maximum Gasteiger partial charge on any atom is 0.271 e. The molecule has 172 valence electrons. The smallest absolute Gasteiger partial charge is 0.271 e. The number of nitrogens with zero attached hydrogens (tertiary/aromatic N) is 1. The lowest BCUT2D eigenvalue weighted by Gasteiger charge is -2.09. The van der Waals surface area contributed by atoms with Crippen molar-refractivity contribution in [3.05, 3.63) is 95.6 Å². The van der Waals surface area contributed by atoms with Crippen LogP contribution in [0, 0.1) is 0 Å². The van der Waals surface area contributed by atoms with Gasteiger partial charge in [-0.05, 0) is 48.4 Å². The normalized spacial score (nSPS) is 10.8. The molecule has 0 aliphatic heterocycles. The van der Waals surface area contributed by atoms with Crippen LogP contribution in [-0.2, 0) is 6.61 Å². The number of hydrogen-bond donors (Lipinski definition) is 1. The summed E-state index contributed by atoms with van der Waals surface area (Å²) in [6.45, 7) is 3.37. The van der Waals surface area contributed by atoms with Crippen LogP contribution in [0.25, 0.3) is 0 Å². The lowest BCUT2D eigenvalue weighted by Crippen LogP contribution is -2.17. The third-order valence-corrected chi connectivity index (χ3v) is 5.16. The zero-order valence-corrected chi connectivity index (χ0v) is 19.2. The third-order valence-electron chi connectivity index (χ3n) is 5.16. The molecule has 0 saturated heterocycles. The van der Waals surface area contributed by atoms with Crippen molar-refractivity contribution in [2.75, 3.05) is 6.61 Å². The van der Waals surface area contributed by atoms with Crippen molar-refractivity contribution in [3.8, 4) is 11.5 Å². The van der Waals surface area contributed by atoms with Gasteiger partial charge in [-0.3, -0.25) is 4.79 Å². The number of carbonyl (C=O) groups excluding carboxylic acids is 1. The second-order valence-corrected chi connectivity index (χ2v) is 7.80. The fourth-order valence-electron chi connectivity index (χ4n) is 3.27. The molecule has 1 amide bonds. The monoisotopic (exact) mass is 444 g/mol. The van der Waals surface area contributed by atoms with Gasteiger partial charge in [-0.15, -0.1) is 0 Å². The molecule has 1 N–H and O–H groups in total. The summed E-state index contributed by atoms with van der Waals surface area (Å²) in [4.78, 5) is 12.4. The lowest BCUT2D eigenvalue weighted by molar-refractivity contribution is 0.0955. The molecule has 0 radical (unpaired) electrons. The van der Waals surface area contributed by atoms with E-state index in [1.54, 1.807) is 30.5 Å². The summed E-state index contributed by atoms with van der Waals surface area (Å²) >= 11 is 0. The van der Waals surface area contributed by atoms with Crippen molar-refractivity contribution >= 4 is 12.1 Å². The highest BCUT2D eigenvalue weighted by atomic mass is 16.5. The first kappa shape index (κ1) is 24.1. The predicted octanol–water partition coefficient (Wildman–Crippen LogP) is 6.38. The van der Waals surface area contributed by atoms with Crippen molar-refractivity contribution in [1.82, 2.24) is 5.43 Å². The highest BCUT2D eigenvalue weighted by Crippen LogP contribution is 2.17. The van der Waals surface area contributed by atoms with Gasteiger partial charge >= 0.3 is 0 Å². The lowest BCUT2D eigenvalue weighted by atomic mass is 10.2. The van der Waals surface area contributed by atoms with E-state index in [0.717, 1.165) is 23.3 Å². The molecule has 0 spiro atoms. The van der Waals surface area contributed by atoms with E-state index in [0.29, 0.717) is 24.5 Å². The van der Waals surface area contributed by atoms with E-state index in [2.05, 4.69) is 17.5 Å². The molecule has 0 bridgehead atoms. The Hall–Kier alpha value is -3.60. The molecule has 0 heterocycles. The molecule has 3 aromatic carbocycles. The van der Waals surface area contributed by atoms with Gasteiger partial charge < -0.3 is 9.47 Å². The fraction of sp³-hybridized carbons (Fsp3) is 0.286. The standard InChI is InChI=1S/C28H32N2O3/c1-2-3-4-5-11-20-32-27-15-10-9-14-25(27)21-29-30-28(31)24-16-18-26(19-17-24)33-22-23-12-7-6-8-13-23/h6-10,12-19,21H,2-5,11,20,22H2,1H3,(H,30,31)/b29-21+. The molecule has 0 aromatic heterocycles. The largest absolute Gasteiger partial charge is 0.493 e. The van der Waals surface area contributed by atoms with Crippen LogP contribution in [0.5, 0.6) is 11.5 Å². The van der Waals surface area contributed by atoms with Gasteiger partial charge in [0.15, 0.2) is 0 Å².